The number of aldehydes is 1. The van der Waals surface area contributed by atoms with Gasteiger partial charge in [0, 0.05) is 49.2 Å². The van der Waals surface area contributed by atoms with Crippen molar-refractivity contribution >= 4 is 18.0 Å². The van der Waals surface area contributed by atoms with Gasteiger partial charge in [0.15, 0.2) is 5.78 Å². The quantitative estimate of drug-likeness (QED) is 0.163. The molecule has 5 aliphatic rings. The Morgan fingerprint density at radius 1 is 1.00 bits per heavy atom. The maximum absolute atomic E-state index is 14.2. The predicted octanol–water partition coefficient (Wildman–Crippen LogP) is 7.22. The number of esters is 1. The Bertz CT molecular complexity index is 1610. The van der Waals surface area contributed by atoms with Gasteiger partial charge < -0.3 is 24.0 Å². The minimum absolute atomic E-state index is 0.105. The van der Waals surface area contributed by atoms with Crippen molar-refractivity contribution in [1.29, 1.82) is 0 Å². The maximum atomic E-state index is 14.2. The zero-order valence-electron chi connectivity index (χ0n) is 35.3. The number of nitrogens with zero attached hydrogens (tertiary/aromatic N) is 4. The molecule has 1 N–H and O–H groups in total. The Kier molecular flexibility index (Phi) is 11.3. The molecule has 0 spiro atoms. The zero-order chi connectivity index (χ0) is 39.6. The number of Topliss-reactive ketones (excluding diaryl/α,β-unsaturated/α-hetero) is 1. The molecule has 6 rings (SSSR count). The number of hydrogen-bond acceptors (Lipinski definition) is 10. The molecule has 302 valence electrons. The van der Waals surface area contributed by atoms with Gasteiger partial charge in [-0.3, -0.25) is 14.5 Å². The van der Waals surface area contributed by atoms with E-state index in [0.717, 1.165) is 76.3 Å². The molecule has 4 saturated carbocycles. The summed E-state index contributed by atoms with van der Waals surface area (Å²) in [6, 6.07) is 0. The first-order valence-electron chi connectivity index (χ1n) is 21.0. The summed E-state index contributed by atoms with van der Waals surface area (Å²) in [7, 11) is 4.11. The van der Waals surface area contributed by atoms with E-state index in [1.165, 1.54) is 5.57 Å². The average molecular weight is 751 g/mol. The summed E-state index contributed by atoms with van der Waals surface area (Å²) in [5.41, 5.74) is 1.08. The highest BCUT2D eigenvalue weighted by Gasteiger charge is 2.67. The van der Waals surface area contributed by atoms with E-state index in [1.807, 2.05) is 0 Å². The highest BCUT2D eigenvalue weighted by atomic mass is 16.5. The number of aliphatic hydroxyl groups is 1. The monoisotopic (exact) mass is 751 g/mol. The van der Waals surface area contributed by atoms with Crippen LogP contribution in [0.1, 0.15) is 131 Å². The van der Waals surface area contributed by atoms with E-state index < -0.39 is 16.9 Å². The minimum atomic E-state index is -0.724. The number of aromatic nitrogens is 2. The van der Waals surface area contributed by atoms with E-state index in [0.29, 0.717) is 55.0 Å². The number of likely N-dealkylation sites (N-methyl/N-ethyl adjacent to an activating group) is 1. The summed E-state index contributed by atoms with van der Waals surface area (Å²) in [6.45, 7) is 21.9. The van der Waals surface area contributed by atoms with Crippen molar-refractivity contribution in [2.45, 2.75) is 145 Å². The van der Waals surface area contributed by atoms with Gasteiger partial charge in [-0.05, 0) is 111 Å². The van der Waals surface area contributed by atoms with Crippen molar-refractivity contribution in [3.05, 3.63) is 22.9 Å². The summed E-state index contributed by atoms with van der Waals surface area (Å²) < 4.78 is 12.0. The fourth-order valence-corrected chi connectivity index (χ4v) is 13.2. The van der Waals surface area contributed by atoms with Crippen LogP contribution >= 0.6 is 0 Å². The predicted molar refractivity (Wildman–Crippen MR) is 208 cm³/mol. The number of carbonyl (C=O) groups excluding carboxylic acids is 3. The third-order valence-corrected chi connectivity index (χ3v) is 15.6. The smallest absolute Gasteiger partial charge is 0.307 e. The van der Waals surface area contributed by atoms with Crippen molar-refractivity contribution in [3.8, 4) is 0 Å². The van der Waals surface area contributed by atoms with E-state index >= 15 is 0 Å². The lowest BCUT2D eigenvalue weighted by Crippen LogP contribution is -2.63. The lowest BCUT2D eigenvalue weighted by molar-refractivity contribution is -0.214. The largest absolute Gasteiger partial charge is 0.462 e. The van der Waals surface area contributed by atoms with Crippen LogP contribution in [0, 0.1) is 63.6 Å². The zero-order valence-corrected chi connectivity index (χ0v) is 35.3. The van der Waals surface area contributed by atoms with Gasteiger partial charge in [0.05, 0.1) is 19.1 Å². The summed E-state index contributed by atoms with van der Waals surface area (Å²) in [4.78, 5) is 43.2. The molecule has 1 heterocycles. The number of allylic oxidation sites excluding steroid dienone is 1. The van der Waals surface area contributed by atoms with Crippen LogP contribution in [0.3, 0.4) is 0 Å². The Morgan fingerprint density at radius 2 is 1.70 bits per heavy atom. The van der Waals surface area contributed by atoms with Crippen LogP contribution in [-0.2, 0) is 25.7 Å². The molecule has 0 amide bonds. The Labute approximate surface area is 324 Å². The molecule has 10 nitrogen and oxygen atoms in total. The molecule has 0 bridgehead atoms. The lowest BCUT2D eigenvalue weighted by atomic mass is 9.36. The summed E-state index contributed by atoms with van der Waals surface area (Å²) in [6.07, 6.45) is 8.61. The number of aliphatic hydroxyl groups excluding tert-OH is 1. The van der Waals surface area contributed by atoms with Crippen LogP contribution < -0.4 is 0 Å². The van der Waals surface area contributed by atoms with Gasteiger partial charge >= 0.3 is 5.97 Å². The molecular formula is C44H70N4O6. The molecule has 0 aliphatic heterocycles. The van der Waals surface area contributed by atoms with Crippen LogP contribution in [0.15, 0.2) is 15.6 Å². The van der Waals surface area contributed by atoms with Crippen molar-refractivity contribution < 1.29 is 28.6 Å². The summed E-state index contributed by atoms with van der Waals surface area (Å²) >= 11 is 0. The molecule has 10 heteroatoms. The van der Waals surface area contributed by atoms with Gasteiger partial charge in [-0.1, -0.05) is 61.0 Å². The van der Waals surface area contributed by atoms with E-state index in [-0.39, 0.29) is 46.4 Å². The van der Waals surface area contributed by atoms with Crippen molar-refractivity contribution in [1.82, 2.24) is 20.0 Å². The van der Waals surface area contributed by atoms with E-state index in [2.05, 4.69) is 75.6 Å². The number of hydrogen-bond donors (Lipinski definition) is 1. The lowest BCUT2D eigenvalue weighted by Gasteiger charge is -2.69. The highest BCUT2D eigenvalue weighted by Crippen LogP contribution is 2.73. The van der Waals surface area contributed by atoms with Crippen LogP contribution in [0.25, 0.3) is 0 Å². The number of carbonyl (C=O) groups is 3. The van der Waals surface area contributed by atoms with Crippen LogP contribution in [0.2, 0.25) is 0 Å². The molecular weight excluding hydrogens is 681 g/mol. The second-order valence-electron chi connectivity index (χ2n) is 20.6. The van der Waals surface area contributed by atoms with Crippen molar-refractivity contribution in [2.24, 2.45) is 56.7 Å². The van der Waals surface area contributed by atoms with Gasteiger partial charge in [-0.25, -0.2) is 0 Å². The SMILES string of the molecule is Cc1nnc(CN(CCN(C)C)C[C@H](O)C23CCC4C(CCC5C4(C)CCC4C(C)(C)C(OC(=O)CC(C)(C)C=O)CCC45C)C2=C(C(C)C)C(=O)C3)o1. The maximum Gasteiger partial charge on any atom is 0.307 e. The van der Waals surface area contributed by atoms with Crippen molar-refractivity contribution in [3.63, 3.8) is 0 Å². The topological polar surface area (TPSA) is 126 Å². The second kappa shape index (κ2) is 14.8. The number of fused-ring (bicyclic) bond motifs is 7. The minimum Gasteiger partial charge on any atom is -0.462 e. The fourth-order valence-electron chi connectivity index (χ4n) is 13.2. The average Bonchev–Trinajstić information content (AvgIpc) is 3.64. The first-order chi connectivity index (χ1) is 25.2. The summed E-state index contributed by atoms with van der Waals surface area (Å²) in [5.74, 6) is 2.87. The molecule has 54 heavy (non-hydrogen) atoms. The molecule has 5 aliphatic carbocycles. The third-order valence-electron chi connectivity index (χ3n) is 15.6. The number of ketones is 1. The molecule has 0 saturated heterocycles. The number of ether oxygens (including phenoxy) is 1. The van der Waals surface area contributed by atoms with Gasteiger partial charge in [0.25, 0.3) is 0 Å². The normalized spacial score (nSPS) is 35.5. The van der Waals surface area contributed by atoms with Gasteiger partial charge in [0.2, 0.25) is 11.8 Å². The Balaban J connectivity index is 1.26. The molecule has 1 aromatic rings. The van der Waals surface area contributed by atoms with Gasteiger partial charge in [-0.2, -0.15) is 0 Å². The Hall–Kier alpha value is -2.43. The van der Waals surface area contributed by atoms with E-state index in [4.69, 9.17) is 9.15 Å². The van der Waals surface area contributed by atoms with E-state index in [1.54, 1.807) is 20.8 Å². The standard InChI is InChI=1S/C44H70N4O6/c1-27(2)38-31(50)22-44(34(51)24-48(21-20-47(10)11)25-36-46-45-28(3)53-36)19-14-30-29(39(38)44)12-13-33-42(30,8)17-15-32-41(6,7)35(16-18-43(32,33)9)54-37(52)23-40(4,5)26-49/h26-27,29-30,32-35,51H,12-25H2,1-11H3/t29?,30?,32?,33?,34-,35?,42?,43?,44?/m0/s1. The van der Waals surface area contributed by atoms with Crippen LogP contribution in [-0.4, -0.2) is 89.1 Å². The van der Waals surface area contributed by atoms with Crippen LogP contribution in [0.5, 0.6) is 0 Å². The molecule has 0 aromatic carbocycles. The first-order valence-corrected chi connectivity index (χ1v) is 21.0. The number of aryl methyl sites for hydroxylation is 1. The van der Waals surface area contributed by atoms with E-state index in [9.17, 15) is 19.5 Å². The number of rotatable bonds is 13. The molecule has 8 unspecified atom stereocenters. The fraction of sp³-hybridized carbons (Fsp3) is 0.841. The molecule has 0 radical (unpaired) electrons. The van der Waals surface area contributed by atoms with Crippen molar-refractivity contribution in [2.75, 3.05) is 33.7 Å². The Morgan fingerprint density at radius 3 is 2.33 bits per heavy atom. The van der Waals surface area contributed by atoms with Gasteiger partial charge in [0.1, 0.15) is 12.4 Å². The second-order valence-corrected chi connectivity index (χ2v) is 20.6. The molecule has 4 fully saturated rings. The molecule has 1 aromatic heterocycles. The third kappa shape index (κ3) is 7.19. The molecule has 9 atom stereocenters. The van der Waals surface area contributed by atoms with Crippen LogP contribution in [0.4, 0.5) is 0 Å². The highest BCUT2D eigenvalue weighted by molar-refractivity contribution is 6.00. The first kappa shape index (κ1) is 41.2. The van der Waals surface area contributed by atoms with Gasteiger partial charge in [-0.15, -0.1) is 10.2 Å². The summed E-state index contributed by atoms with van der Waals surface area (Å²) in [5, 5.41) is 20.8.